The zero-order valence-electron chi connectivity index (χ0n) is 11.5. The standard InChI is InChI=1S/C14H16N6/c1-11(9-12-10-15-3-4-16-12)20-8-6-18-14(20)13-17-5-7-19(13)2/h3-8,10-11H,9H2,1-2H3/t11-/m0/s1. The second-order valence-corrected chi connectivity index (χ2v) is 4.77. The quantitative estimate of drug-likeness (QED) is 0.724. The zero-order valence-corrected chi connectivity index (χ0v) is 11.5. The van der Waals surface area contributed by atoms with Crippen LogP contribution in [0, 0.1) is 0 Å². The van der Waals surface area contributed by atoms with Crippen molar-refractivity contribution in [3.63, 3.8) is 0 Å². The maximum atomic E-state index is 4.43. The van der Waals surface area contributed by atoms with Gasteiger partial charge in [-0.1, -0.05) is 0 Å². The smallest absolute Gasteiger partial charge is 0.176 e. The molecule has 0 radical (unpaired) electrons. The first kappa shape index (κ1) is 12.5. The highest BCUT2D eigenvalue weighted by Gasteiger charge is 2.15. The van der Waals surface area contributed by atoms with Gasteiger partial charge in [0.05, 0.1) is 5.69 Å². The molecule has 0 amide bonds. The Morgan fingerprint density at radius 2 is 1.80 bits per heavy atom. The summed E-state index contributed by atoms with van der Waals surface area (Å²) in [7, 11) is 1.97. The monoisotopic (exact) mass is 268 g/mol. The SMILES string of the molecule is C[C@@H](Cc1cnccn1)n1ccnc1-c1nccn1C. The van der Waals surface area contributed by atoms with E-state index in [9.17, 15) is 0 Å². The van der Waals surface area contributed by atoms with E-state index in [0.717, 1.165) is 23.8 Å². The van der Waals surface area contributed by atoms with Gasteiger partial charge in [-0.3, -0.25) is 9.97 Å². The fourth-order valence-corrected chi connectivity index (χ4v) is 2.26. The van der Waals surface area contributed by atoms with Crippen molar-refractivity contribution in [2.45, 2.75) is 19.4 Å². The Balaban J connectivity index is 1.88. The van der Waals surface area contributed by atoms with Gasteiger partial charge in [-0.2, -0.15) is 0 Å². The van der Waals surface area contributed by atoms with Crippen molar-refractivity contribution in [1.82, 2.24) is 29.1 Å². The molecule has 0 aliphatic heterocycles. The second-order valence-electron chi connectivity index (χ2n) is 4.77. The fraction of sp³-hybridized carbons (Fsp3) is 0.286. The van der Waals surface area contributed by atoms with Crippen molar-refractivity contribution < 1.29 is 0 Å². The topological polar surface area (TPSA) is 61.4 Å². The van der Waals surface area contributed by atoms with Crippen LogP contribution in [-0.2, 0) is 13.5 Å². The maximum absolute atomic E-state index is 4.43. The molecule has 0 fully saturated rings. The molecule has 0 saturated carbocycles. The molecule has 0 N–H and O–H groups in total. The summed E-state index contributed by atoms with van der Waals surface area (Å²) >= 11 is 0. The molecular formula is C14H16N6. The Morgan fingerprint density at radius 1 is 1.00 bits per heavy atom. The third-order valence-electron chi connectivity index (χ3n) is 3.29. The summed E-state index contributed by atoms with van der Waals surface area (Å²) in [6.45, 7) is 2.14. The van der Waals surface area contributed by atoms with Gasteiger partial charge in [-0.15, -0.1) is 0 Å². The summed E-state index contributed by atoms with van der Waals surface area (Å²) in [5, 5.41) is 0. The molecule has 0 saturated heterocycles. The van der Waals surface area contributed by atoms with Crippen LogP contribution in [0.2, 0.25) is 0 Å². The molecule has 3 aromatic rings. The van der Waals surface area contributed by atoms with Crippen molar-refractivity contribution in [2.24, 2.45) is 7.05 Å². The summed E-state index contributed by atoms with van der Waals surface area (Å²) in [6.07, 6.45) is 13.5. The number of aryl methyl sites for hydroxylation is 1. The zero-order chi connectivity index (χ0) is 13.9. The van der Waals surface area contributed by atoms with Gasteiger partial charge >= 0.3 is 0 Å². The summed E-state index contributed by atoms with van der Waals surface area (Å²) in [4.78, 5) is 17.2. The Hall–Kier alpha value is -2.50. The lowest BCUT2D eigenvalue weighted by Gasteiger charge is -2.15. The van der Waals surface area contributed by atoms with E-state index in [1.54, 1.807) is 31.0 Å². The largest absolute Gasteiger partial charge is 0.331 e. The van der Waals surface area contributed by atoms with Crippen LogP contribution < -0.4 is 0 Å². The molecule has 3 rings (SSSR count). The van der Waals surface area contributed by atoms with Crippen molar-refractivity contribution in [3.05, 3.63) is 49.1 Å². The highest BCUT2D eigenvalue weighted by Crippen LogP contribution is 2.21. The highest BCUT2D eigenvalue weighted by molar-refractivity contribution is 5.44. The Bertz CT molecular complexity index is 685. The molecule has 3 aromatic heterocycles. The number of imidazole rings is 2. The maximum Gasteiger partial charge on any atom is 0.176 e. The minimum atomic E-state index is 0.237. The minimum Gasteiger partial charge on any atom is -0.331 e. The third kappa shape index (κ3) is 2.32. The summed E-state index contributed by atoms with van der Waals surface area (Å²) < 4.78 is 4.09. The lowest BCUT2D eigenvalue weighted by Crippen LogP contribution is -2.11. The Labute approximate surface area is 117 Å². The van der Waals surface area contributed by atoms with Gasteiger partial charge in [0, 0.05) is 62.9 Å². The molecule has 0 aliphatic rings. The van der Waals surface area contributed by atoms with E-state index in [-0.39, 0.29) is 6.04 Å². The number of rotatable bonds is 4. The molecule has 0 aliphatic carbocycles. The summed E-state index contributed by atoms with van der Waals surface area (Å²) in [5.74, 6) is 1.73. The Morgan fingerprint density at radius 3 is 2.50 bits per heavy atom. The Kier molecular flexibility index (Phi) is 3.28. The van der Waals surface area contributed by atoms with Gasteiger partial charge in [-0.25, -0.2) is 9.97 Å². The first-order valence-electron chi connectivity index (χ1n) is 6.51. The predicted octanol–water partition coefficient (Wildman–Crippen LogP) is 1.88. The van der Waals surface area contributed by atoms with E-state index >= 15 is 0 Å². The van der Waals surface area contributed by atoms with Gasteiger partial charge in [0.1, 0.15) is 0 Å². The van der Waals surface area contributed by atoms with E-state index in [1.165, 1.54) is 0 Å². The van der Waals surface area contributed by atoms with Crippen LogP contribution >= 0.6 is 0 Å². The molecule has 0 unspecified atom stereocenters. The molecule has 20 heavy (non-hydrogen) atoms. The van der Waals surface area contributed by atoms with E-state index in [2.05, 4.69) is 31.4 Å². The predicted molar refractivity (Wildman–Crippen MR) is 74.9 cm³/mol. The van der Waals surface area contributed by atoms with Gasteiger partial charge in [0.2, 0.25) is 0 Å². The van der Waals surface area contributed by atoms with E-state index in [1.807, 2.05) is 24.0 Å². The first-order chi connectivity index (χ1) is 9.75. The van der Waals surface area contributed by atoms with Gasteiger partial charge in [0.25, 0.3) is 0 Å². The average Bonchev–Trinajstić information content (AvgIpc) is 3.07. The highest BCUT2D eigenvalue weighted by atomic mass is 15.2. The first-order valence-corrected chi connectivity index (χ1v) is 6.51. The lowest BCUT2D eigenvalue weighted by atomic mass is 10.2. The lowest BCUT2D eigenvalue weighted by molar-refractivity contribution is 0.539. The van der Waals surface area contributed by atoms with E-state index < -0.39 is 0 Å². The van der Waals surface area contributed by atoms with Crippen molar-refractivity contribution in [2.75, 3.05) is 0 Å². The summed E-state index contributed by atoms with van der Waals surface area (Å²) in [6, 6.07) is 0.237. The third-order valence-corrected chi connectivity index (χ3v) is 3.29. The van der Waals surface area contributed by atoms with Gasteiger partial charge < -0.3 is 9.13 Å². The number of aromatic nitrogens is 6. The molecule has 6 heteroatoms. The molecule has 0 bridgehead atoms. The summed E-state index contributed by atoms with van der Waals surface area (Å²) in [5.41, 5.74) is 0.972. The van der Waals surface area contributed by atoms with Crippen LogP contribution in [0.15, 0.2) is 43.4 Å². The fourth-order valence-electron chi connectivity index (χ4n) is 2.26. The van der Waals surface area contributed by atoms with Crippen LogP contribution in [0.3, 0.4) is 0 Å². The van der Waals surface area contributed by atoms with Gasteiger partial charge in [-0.05, 0) is 6.92 Å². The molecule has 6 nitrogen and oxygen atoms in total. The van der Waals surface area contributed by atoms with Crippen molar-refractivity contribution in [1.29, 1.82) is 0 Å². The normalized spacial score (nSPS) is 12.5. The minimum absolute atomic E-state index is 0.237. The number of hydrogen-bond acceptors (Lipinski definition) is 4. The van der Waals surface area contributed by atoms with Crippen LogP contribution in [0.4, 0.5) is 0 Å². The van der Waals surface area contributed by atoms with E-state index in [4.69, 9.17) is 0 Å². The molecular weight excluding hydrogens is 252 g/mol. The molecule has 0 aromatic carbocycles. The van der Waals surface area contributed by atoms with Crippen LogP contribution in [0.5, 0.6) is 0 Å². The van der Waals surface area contributed by atoms with E-state index in [0.29, 0.717) is 0 Å². The van der Waals surface area contributed by atoms with Crippen LogP contribution in [-0.4, -0.2) is 29.1 Å². The second kappa shape index (κ2) is 5.24. The van der Waals surface area contributed by atoms with Crippen LogP contribution in [0.25, 0.3) is 11.6 Å². The molecule has 0 spiro atoms. The average molecular weight is 268 g/mol. The molecule has 102 valence electrons. The van der Waals surface area contributed by atoms with Crippen molar-refractivity contribution in [3.8, 4) is 11.6 Å². The molecule has 3 heterocycles. The van der Waals surface area contributed by atoms with Crippen LogP contribution in [0.1, 0.15) is 18.7 Å². The van der Waals surface area contributed by atoms with Crippen molar-refractivity contribution >= 4 is 0 Å². The number of hydrogen-bond donors (Lipinski definition) is 0. The van der Waals surface area contributed by atoms with Gasteiger partial charge in [0.15, 0.2) is 11.6 Å². The number of nitrogens with zero attached hydrogens (tertiary/aromatic N) is 6. The molecule has 1 atom stereocenters.